The van der Waals surface area contributed by atoms with Crippen LogP contribution in [0.1, 0.15) is 30.1 Å². The smallest absolute Gasteiger partial charge is 0.119 e. The van der Waals surface area contributed by atoms with E-state index in [0.717, 1.165) is 65.8 Å². The molecule has 0 radical (unpaired) electrons. The molecule has 0 bridgehead atoms. The van der Waals surface area contributed by atoms with Crippen LogP contribution in [-0.4, -0.2) is 57.0 Å². The van der Waals surface area contributed by atoms with Crippen molar-refractivity contribution in [1.29, 1.82) is 0 Å². The van der Waals surface area contributed by atoms with E-state index in [4.69, 9.17) is 4.74 Å². The molecule has 5 rings (SSSR count). The maximum Gasteiger partial charge on any atom is 0.119 e. The molecule has 0 saturated carbocycles. The summed E-state index contributed by atoms with van der Waals surface area (Å²) in [4.78, 5) is 6.82. The molecule has 33 heavy (non-hydrogen) atoms. The fourth-order valence-corrected chi connectivity index (χ4v) is 5.27. The SMILES string of the molecule is COc1ccc2nccc(C(O)CN3CCC[C@@H](CNCc4ccc5nsnc5c4)C3)c2c1. The second-order valence-corrected chi connectivity index (χ2v) is 9.31. The lowest BCUT2D eigenvalue weighted by atomic mass is 9.96. The van der Waals surface area contributed by atoms with Crippen molar-refractivity contribution in [3.63, 3.8) is 0 Å². The molecule has 0 spiro atoms. The predicted octanol–water partition coefficient (Wildman–Crippen LogP) is 3.78. The molecular formula is C25H29N5O2S. The van der Waals surface area contributed by atoms with Gasteiger partial charge in [0.15, 0.2) is 0 Å². The summed E-state index contributed by atoms with van der Waals surface area (Å²) in [7, 11) is 1.66. The van der Waals surface area contributed by atoms with Crippen LogP contribution in [0.25, 0.3) is 21.9 Å². The maximum atomic E-state index is 11.1. The number of hydrogen-bond donors (Lipinski definition) is 2. The fourth-order valence-electron chi connectivity index (χ4n) is 4.75. The molecule has 172 valence electrons. The number of pyridine rings is 1. The first kappa shape index (κ1) is 22.2. The summed E-state index contributed by atoms with van der Waals surface area (Å²) >= 11 is 1.26. The zero-order chi connectivity index (χ0) is 22.6. The Kier molecular flexibility index (Phi) is 6.78. The highest BCUT2D eigenvalue weighted by molar-refractivity contribution is 7.00. The van der Waals surface area contributed by atoms with Gasteiger partial charge in [-0.1, -0.05) is 6.07 Å². The van der Waals surface area contributed by atoms with E-state index < -0.39 is 6.10 Å². The number of β-amino-alcohol motifs (C(OH)–C–C–N with tert-alkyl or cyclic N) is 1. The first-order valence-electron chi connectivity index (χ1n) is 11.4. The molecule has 1 fully saturated rings. The van der Waals surface area contributed by atoms with Crippen LogP contribution in [0, 0.1) is 5.92 Å². The van der Waals surface area contributed by atoms with Crippen molar-refractivity contribution in [2.24, 2.45) is 5.92 Å². The fraction of sp³-hybridized carbons (Fsp3) is 0.400. The highest BCUT2D eigenvalue weighted by Gasteiger charge is 2.23. The third-order valence-electron chi connectivity index (χ3n) is 6.46. The van der Waals surface area contributed by atoms with Gasteiger partial charge >= 0.3 is 0 Å². The van der Waals surface area contributed by atoms with Crippen LogP contribution in [0.2, 0.25) is 0 Å². The number of rotatable bonds is 8. The van der Waals surface area contributed by atoms with E-state index in [1.54, 1.807) is 13.3 Å². The standard InChI is InChI=1S/C25H29N5O2S/c1-32-19-5-7-22-21(12-19)20(8-9-27-22)25(31)16-30-10-2-3-18(15-30)14-26-13-17-4-6-23-24(11-17)29-33-28-23/h4-9,11-12,18,25-26,31H,2-3,10,13-16H2,1H3/t18-,25?/m0/s1. The molecule has 4 aromatic rings. The van der Waals surface area contributed by atoms with Crippen LogP contribution in [-0.2, 0) is 6.54 Å². The number of hydrogen-bond acceptors (Lipinski definition) is 8. The summed E-state index contributed by atoms with van der Waals surface area (Å²) in [6, 6.07) is 14.0. The van der Waals surface area contributed by atoms with Crippen molar-refractivity contribution in [1.82, 2.24) is 23.9 Å². The third-order valence-corrected chi connectivity index (χ3v) is 7.01. The Morgan fingerprint density at radius 1 is 1.15 bits per heavy atom. The number of likely N-dealkylation sites (tertiary alicyclic amines) is 1. The zero-order valence-corrected chi connectivity index (χ0v) is 19.6. The number of methoxy groups -OCH3 is 1. The van der Waals surface area contributed by atoms with Gasteiger partial charge in [-0.25, -0.2) is 0 Å². The molecule has 8 heteroatoms. The number of ether oxygens (including phenoxy) is 1. The van der Waals surface area contributed by atoms with Crippen molar-refractivity contribution in [3.05, 3.63) is 59.8 Å². The molecule has 0 aliphatic carbocycles. The molecule has 2 atom stereocenters. The van der Waals surface area contributed by atoms with E-state index in [1.165, 1.54) is 23.7 Å². The van der Waals surface area contributed by atoms with Crippen LogP contribution in [0.5, 0.6) is 5.75 Å². The minimum atomic E-state index is -0.562. The Morgan fingerprint density at radius 3 is 2.94 bits per heavy atom. The van der Waals surface area contributed by atoms with Gasteiger partial charge in [0.25, 0.3) is 0 Å². The molecule has 3 heterocycles. The quantitative estimate of drug-likeness (QED) is 0.411. The van der Waals surface area contributed by atoms with E-state index >= 15 is 0 Å². The van der Waals surface area contributed by atoms with Gasteiger partial charge in [-0.3, -0.25) is 4.98 Å². The number of nitrogens with one attached hydrogen (secondary N) is 1. The van der Waals surface area contributed by atoms with Gasteiger partial charge in [0.2, 0.25) is 0 Å². The van der Waals surface area contributed by atoms with E-state index in [9.17, 15) is 5.11 Å². The Hall–Kier alpha value is -2.65. The van der Waals surface area contributed by atoms with Crippen molar-refractivity contribution in [2.75, 3.05) is 33.3 Å². The highest BCUT2D eigenvalue weighted by atomic mass is 32.1. The number of fused-ring (bicyclic) bond motifs is 2. The summed E-state index contributed by atoms with van der Waals surface area (Å²) in [6.45, 7) is 4.44. The second kappa shape index (κ2) is 10.1. The van der Waals surface area contributed by atoms with Crippen LogP contribution in [0.3, 0.4) is 0 Å². The van der Waals surface area contributed by atoms with Crippen molar-refractivity contribution < 1.29 is 9.84 Å². The molecule has 2 aromatic heterocycles. The molecule has 2 N–H and O–H groups in total. The van der Waals surface area contributed by atoms with Crippen LogP contribution < -0.4 is 10.1 Å². The molecule has 1 unspecified atom stereocenters. The highest BCUT2D eigenvalue weighted by Crippen LogP contribution is 2.28. The average Bonchev–Trinajstić information content (AvgIpc) is 3.31. The second-order valence-electron chi connectivity index (χ2n) is 8.79. The largest absolute Gasteiger partial charge is 0.497 e. The van der Waals surface area contributed by atoms with E-state index in [-0.39, 0.29) is 0 Å². The van der Waals surface area contributed by atoms with Crippen LogP contribution >= 0.6 is 11.7 Å². The molecule has 2 aromatic carbocycles. The number of benzene rings is 2. The minimum Gasteiger partial charge on any atom is -0.497 e. The number of aliphatic hydroxyl groups is 1. The van der Waals surface area contributed by atoms with Crippen molar-refractivity contribution >= 4 is 33.7 Å². The summed E-state index contributed by atoms with van der Waals surface area (Å²) in [6.07, 6.45) is 3.58. The summed E-state index contributed by atoms with van der Waals surface area (Å²) in [5.74, 6) is 1.35. The Labute approximate surface area is 197 Å². The molecule has 1 aliphatic heterocycles. The van der Waals surface area contributed by atoms with Gasteiger partial charge in [-0.2, -0.15) is 8.75 Å². The van der Waals surface area contributed by atoms with Gasteiger partial charge in [0.1, 0.15) is 16.8 Å². The Balaban J connectivity index is 1.17. The zero-order valence-electron chi connectivity index (χ0n) is 18.8. The molecule has 0 amide bonds. The Morgan fingerprint density at radius 2 is 2.03 bits per heavy atom. The molecule has 1 saturated heterocycles. The number of aliphatic hydroxyl groups excluding tert-OH is 1. The van der Waals surface area contributed by atoms with E-state index in [0.29, 0.717) is 12.5 Å². The third kappa shape index (κ3) is 5.14. The van der Waals surface area contributed by atoms with Gasteiger partial charge in [-0.15, -0.1) is 0 Å². The van der Waals surface area contributed by atoms with Gasteiger partial charge in [0, 0.05) is 31.2 Å². The normalized spacial score (nSPS) is 18.1. The average molecular weight is 464 g/mol. The first-order chi connectivity index (χ1) is 16.2. The van der Waals surface area contributed by atoms with Crippen molar-refractivity contribution in [3.8, 4) is 5.75 Å². The number of aromatic nitrogens is 3. The molecule has 1 aliphatic rings. The first-order valence-corrected chi connectivity index (χ1v) is 12.2. The van der Waals surface area contributed by atoms with Gasteiger partial charge < -0.3 is 20.1 Å². The summed E-state index contributed by atoms with van der Waals surface area (Å²) in [5.41, 5.74) is 4.95. The lowest BCUT2D eigenvalue weighted by Crippen LogP contribution is -2.41. The minimum absolute atomic E-state index is 0.562. The molecular weight excluding hydrogens is 434 g/mol. The Bertz CT molecular complexity index is 1230. The number of nitrogens with zero attached hydrogens (tertiary/aromatic N) is 4. The van der Waals surface area contributed by atoms with Crippen LogP contribution in [0.4, 0.5) is 0 Å². The summed E-state index contributed by atoms with van der Waals surface area (Å²) < 4.78 is 14.0. The van der Waals surface area contributed by atoms with Gasteiger partial charge in [0.05, 0.1) is 30.5 Å². The monoisotopic (exact) mass is 463 g/mol. The van der Waals surface area contributed by atoms with E-state index in [2.05, 4.69) is 36.1 Å². The maximum absolute atomic E-state index is 11.1. The van der Waals surface area contributed by atoms with E-state index in [1.807, 2.05) is 30.3 Å². The van der Waals surface area contributed by atoms with Crippen LogP contribution in [0.15, 0.2) is 48.7 Å². The number of piperidine rings is 1. The summed E-state index contributed by atoms with van der Waals surface area (Å²) in [5, 5.41) is 15.6. The lowest BCUT2D eigenvalue weighted by Gasteiger charge is -2.34. The van der Waals surface area contributed by atoms with Gasteiger partial charge in [-0.05, 0) is 79.4 Å². The lowest BCUT2D eigenvalue weighted by molar-refractivity contribution is 0.0849. The predicted molar refractivity (Wildman–Crippen MR) is 132 cm³/mol. The topological polar surface area (TPSA) is 83.4 Å². The molecule has 7 nitrogen and oxygen atoms in total. The van der Waals surface area contributed by atoms with Crippen molar-refractivity contribution in [2.45, 2.75) is 25.5 Å².